The van der Waals surface area contributed by atoms with Gasteiger partial charge in [0, 0.05) is 20.6 Å². The van der Waals surface area contributed by atoms with Crippen molar-refractivity contribution in [2.75, 3.05) is 31.8 Å². The van der Waals surface area contributed by atoms with Gasteiger partial charge >= 0.3 is 0 Å². The average molecular weight is 341 g/mol. The van der Waals surface area contributed by atoms with E-state index in [0.29, 0.717) is 34.9 Å². The van der Waals surface area contributed by atoms with Crippen molar-refractivity contribution in [2.45, 2.75) is 13.1 Å². The first-order chi connectivity index (χ1) is 10.3. The minimum atomic E-state index is 0.219. The molecule has 8 heteroatoms. The van der Waals surface area contributed by atoms with Gasteiger partial charge in [0.1, 0.15) is 5.82 Å². The van der Waals surface area contributed by atoms with E-state index in [2.05, 4.69) is 19.9 Å². The first kappa shape index (κ1) is 16.7. The van der Waals surface area contributed by atoms with Crippen molar-refractivity contribution in [3.8, 4) is 0 Å². The summed E-state index contributed by atoms with van der Waals surface area (Å²) in [5.41, 5.74) is 6.78. The predicted octanol–water partition coefficient (Wildman–Crippen LogP) is 2.46. The van der Waals surface area contributed by atoms with Crippen LogP contribution in [0.3, 0.4) is 0 Å². The number of nitrogens with zero attached hydrogens (tertiary/aromatic N) is 5. The van der Waals surface area contributed by atoms with Crippen LogP contribution in [0.1, 0.15) is 11.4 Å². The van der Waals surface area contributed by atoms with Gasteiger partial charge in [0.25, 0.3) is 0 Å². The Hall–Kier alpha value is -1.63. The normalized spacial score (nSPS) is 11.0. The molecule has 1 aromatic heterocycles. The SMILES string of the molecule is CN(Cc1ccc(Cl)c(Cl)c1)Cc1nc(N)nc(N(C)C)n1. The number of nitrogen functional groups attached to an aromatic ring is 1. The van der Waals surface area contributed by atoms with E-state index in [1.54, 1.807) is 11.0 Å². The summed E-state index contributed by atoms with van der Waals surface area (Å²) in [6.45, 7) is 1.24. The number of halogens is 2. The second-order valence-electron chi connectivity index (χ2n) is 5.23. The summed E-state index contributed by atoms with van der Waals surface area (Å²) < 4.78 is 0. The molecule has 0 unspecified atom stereocenters. The van der Waals surface area contributed by atoms with E-state index in [1.807, 2.05) is 33.3 Å². The minimum Gasteiger partial charge on any atom is -0.368 e. The van der Waals surface area contributed by atoms with E-state index in [-0.39, 0.29) is 5.95 Å². The lowest BCUT2D eigenvalue weighted by Gasteiger charge is -2.17. The molecule has 0 saturated carbocycles. The Bertz CT molecular complexity index is 662. The fourth-order valence-electron chi connectivity index (χ4n) is 1.94. The van der Waals surface area contributed by atoms with Gasteiger partial charge in [0.05, 0.1) is 16.6 Å². The summed E-state index contributed by atoms with van der Waals surface area (Å²) in [6.07, 6.45) is 0. The van der Waals surface area contributed by atoms with Crippen molar-refractivity contribution in [2.24, 2.45) is 0 Å². The van der Waals surface area contributed by atoms with Crippen LogP contribution in [0.4, 0.5) is 11.9 Å². The molecule has 1 aromatic carbocycles. The van der Waals surface area contributed by atoms with Crippen molar-refractivity contribution in [3.05, 3.63) is 39.6 Å². The van der Waals surface area contributed by atoms with Gasteiger partial charge in [-0.05, 0) is 24.7 Å². The molecule has 0 spiro atoms. The highest BCUT2D eigenvalue weighted by Crippen LogP contribution is 2.23. The highest BCUT2D eigenvalue weighted by atomic mass is 35.5. The van der Waals surface area contributed by atoms with Crippen LogP contribution in [0.2, 0.25) is 10.0 Å². The molecule has 2 aromatic rings. The summed E-state index contributed by atoms with van der Waals surface area (Å²) in [7, 11) is 5.69. The first-order valence-corrected chi connectivity index (χ1v) is 7.41. The van der Waals surface area contributed by atoms with E-state index >= 15 is 0 Å². The maximum Gasteiger partial charge on any atom is 0.229 e. The van der Waals surface area contributed by atoms with Gasteiger partial charge in [-0.1, -0.05) is 29.3 Å². The molecule has 0 atom stereocenters. The van der Waals surface area contributed by atoms with Crippen LogP contribution >= 0.6 is 23.2 Å². The third-order valence-corrected chi connectivity index (χ3v) is 3.67. The third-order valence-electron chi connectivity index (χ3n) is 2.94. The predicted molar refractivity (Wildman–Crippen MR) is 90.2 cm³/mol. The molecule has 6 nitrogen and oxygen atoms in total. The average Bonchev–Trinajstić information content (AvgIpc) is 2.42. The summed E-state index contributed by atoms with van der Waals surface area (Å²) in [5.74, 6) is 1.39. The number of aromatic nitrogens is 3. The number of rotatable bonds is 5. The lowest BCUT2D eigenvalue weighted by atomic mass is 10.2. The smallest absolute Gasteiger partial charge is 0.229 e. The van der Waals surface area contributed by atoms with Crippen LogP contribution in [-0.2, 0) is 13.1 Å². The molecular weight excluding hydrogens is 323 g/mol. The molecule has 2 rings (SSSR count). The Morgan fingerprint density at radius 3 is 2.36 bits per heavy atom. The maximum atomic E-state index is 6.03. The summed E-state index contributed by atoms with van der Waals surface area (Å²) in [4.78, 5) is 16.5. The maximum absolute atomic E-state index is 6.03. The van der Waals surface area contributed by atoms with Crippen molar-refractivity contribution in [3.63, 3.8) is 0 Å². The second kappa shape index (κ2) is 7.09. The molecular formula is C14H18Cl2N6. The van der Waals surface area contributed by atoms with E-state index in [4.69, 9.17) is 28.9 Å². The fraction of sp³-hybridized carbons (Fsp3) is 0.357. The summed E-state index contributed by atoms with van der Waals surface area (Å²) >= 11 is 11.9. The molecule has 0 amide bonds. The number of benzene rings is 1. The van der Waals surface area contributed by atoms with Gasteiger partial charge in [-0.3, -0.25) is 4.90 Å². The highest BCUT2D eigenvalue weighted by Gasteiger charge is 2.10. The molecule has 118 valence electrons. The number of hydrogen-bond donors (Lipinski definition) is 1. The molecule has 0 fully saturated rings. The monoisotopic (exact) mass is 340 g/mol. The Kier molecular flexibility index (Phi) is 5.39. The zero-order chi connectivity index (χ0) is 16.3. The molecule has 0 saturated heterocycles. The van der Waals surface area contributed by atoms with Crippen molar-refractivity contribution >= 4 is 35.1 Å². The van der Waals surface area contributed by atoms with E-state index in [0.717, 1.165) is 5.56 Å². The third kappa shape index (κ3) is 4.43. The van der Waals surface area contributed by atoms with Gasteiger partial charge in [-0.25, -0.2) is 0 Å². The quantitative estimate of drug-likeness (QED) is 0.901. The molecule has 2 N–H and O–H groups in total. The molecule has 0 aliphatic carbocycles. The van der Waals surface area contributed by atoms with E-state index < -0.39 is 0 Å². The van der Waals surface area contributed by atoms with Gasteiger partial charge in [-0.15, -0.1) is 0 Å². The van der Waals surface area contributed by atoms with Gasteiger partial charge in [0.2, 0.25) is 11.9 Å². The topological polar surface area (TPSA) is 71.2 Å². The lowest BCUT2D eigenvalue weighted by Crippen LogP contribution is -2.22. The standard InChI is InChI=1S/C14H18Cl2N6/c1-21(2)14-19-12(18-13(17)20-14)8-22(3)7-9-4-5-10(15)11(16)6-9/h4-6H,7-8H2,1-3H3,(H2,17,18,19,20). The Labute approximate surface area is 139 Å². The van der Waals surface area contributed by atoms with Gasteiger partial charge < -0.3 is 10.6 Å². The van der Waals surface area contributed by atoms with Gasteiger partial charge in [-0.2, -0.15) is 15.0 Å². The molecule has 0 radical (unpaired) electrons. The second-order valence-corrected chi connectivity index (χ2v) is 6.04. The number of anilines is 2. The molecule has 0 aliphatic rings. The summed E-state index contributed by atoms with van der Waals surface area (Å²) in [6, 6.07) is 5.59. The molecule has 0 bridgehead atoms. The lowest BCUT2D eigenvalue weighted by molar-refractivity contribution is 0.310. The van der Waals surface area contributed by atoms with E-state index in [1.165, 1.54) is 0 Å². The Morgan fingerprint density at radius 2 is 1.73 bits per heavy atom. The highest BCUT2D eigenvalue weighted by molar-refractivity contribution is 6.42. The van der Waals surface area contributed by atoms with Crippen LogP contribution in [0.15, 0.2) is 18.2 Å². The largest absolute Gasteiger partial charge is 0.368 e. The van der Waals surface area contributed by atoms with Crippen LogP contribution in [0.25, 0.3) is 0 Å². The number of nitrogens with two attached hydrogens (primary N) is 1. The van der Waals surface area contributed by atoms with Crippen molar-refractivity contribution in [1.29, 1.82) is 0 Å². The number of hydrogen-bond acceptors (Lipinski definition) is 6. The first-order valence-electron chi connectivity index (χ1n) is 6.65. The Balaban J connectivity index is 2.08. The van der Waals surface area contributed by atoms with Gasteiger partial charge in [0.15, 0.2) is 0 Å². The Morgan fingerprint density at radius 1 is 1.00 bits per heavy atom. The van der Waals surface area contributed by atoms with E-state index in [9.17, 15) is 0 Å². The van der Waals surface area contributed by atoms with Crippen molar-refractivity contribution in [1.82, 2.24) is 19.9 Å². The summed E-state index contributed by atoms with van der Waals surface area (Å²) in [5, 5.41) is 1.10. The van der Waals surface area contributed by atoms with Crippen LogP contribution in [0, 0.1) is 0 Å². The van der Waals surface area contributed by atoms with Crippen LogP contribution in [0.5, 0.6) is 0 Å². The van der Waals surface area contributed by atoms with Crippen LogP contribution in [-0.4, -0.2) is 41.0 Å². The molecule has 0 aliphatic heterocycles. The zero-order valence-corrected chi connectivity index (χ0v) is 14.2. The van der Waals surface area contributed by atoms with Crippen LogP contribution < -0.4 is 10.6 Å². The zero-order valence-electron chi connectivity index (χ0n) is 12.7. The van der Waals surface area contributed by atoms with Crippen molar-refractivity contribution < 1.29 is 0 Å². The minimum absolute atomic E-state index is 0.219. The molecule has 1 heterocycles. The molecule has 22 heavy (non-hydrogen) atoms. The fourth-order valence-corrected chi connectivity index (χ4v) is 2.26.